The molecule has 4 heteroatoms. The molecule has 3 aromatic rings. The third-order valence-electron chi connectivity index (χ3n) is 4.59. The number of benzene rings is 2. The van der Waals surface area contributed by atoms with Crippen LogP contribution in [0.25, 0.3) is 22.0 Å². The summed E-state index contributed by atoms with van der Waals surface area (Å²) in [5.74, 6) is 0.0174. The van der Waals surface area contributed by atoms with Crippen LogP contribution < -0.4 is 5.32 Å². The third-order valence-corrected chi connectivity index (χ3v) is 4.59. The van der Waals surface area contributed by atoms with Crippen LogP contribution in [0.15, 0.2) is 60.8 Å². The van der Waals surface area contributed by atoms with E-state index in [9.17, 15) is 4.79 Å². The first-order valence-electron chi connectivity index (χ1n) is 9.18. The lowest BCUT2D eigenvalue weighted by atomic mass is 9.88. The van der Waals surface area contributed by atoms with Crippen LogP contribution in [0.1, 0.15) is 31.7 Å². The molecule has 0 bridgehead atoms. The molecule has 0 aliphatic carbocycles. The number of pyridine rings is 1. The monoisotopic (exact) mass is 357 g/mol. The fourth-order valence-electron chi connectivity index (χ4n) is 3.31. The molecule has 0 saturated carbocycles. The van der Waals surface area contributed by atoms with Crippen molar-refractivity contribution in [1.82, 2.24) is 10.3 Å². The first-order chi connectivity index (χ1) is 13.1. The standard InChI is InChI=1S/C23H23N3O/c1-16(2)13-21(23(27)26-12-10-24)19-6-3-5-17(14-19)18-8-9-22-20(15-18)7-4-11-25-22/h3-9,11,14-16,21H,12-13H2,1-2H3,(H,26,27). The summed E-state index contributed by atoms with van der Waals surface area (Å²) in [5, 5.41) is 12.6. The molecule has 1 N–H and O–H groups in total. The molecule has 2 aromatic carbocycles. The Kier molecular flexibility index (Phi) is 5.83. The average molecular weight is 357 g/mol. The molecule has 0 spiro atoms. The number of nitrogens with one attached hydrogen (secondary N) is 1. The lowest BCUT2D eigenvalue weighted by Crippen LogP contribution is -2.30. The van der Waals surface area contributed by atoms with Crippen molar-refractivity contribution in [3.63, 3.8) is 0 Å². The Hall–Kier alpha value is -3.19. The summed E-state index contributed by atoms with van der Waals surface area (Å²) in [5.41, 5.74) is 4.10. The molecular weight excluding hydrogens is 334 g/mol. The van der Waals surface area contributed by atoms with E-state index in [1.54, 1.807) is 6.20 Å². The minimum atomic E-state index is -0.263. The van der Waals surface area contributed by atoms with Gasteiger partial charge in [0, 0.05) is 11.6 Å². The lowest BCUT2D eigenvalue weighted by molar-refractivity contribution is -0.122. The van der Waals surface area contributed by atoms with Crippen molar-refractivity contribution in [3.8, 4) is 17.2 Å². The summed E-state index contributed by atoms with van der Waals surface area (Å²) in [7, 11) is 0. The van der Waals surface area contributed by atoms with Crippen LogP contribution in [0.2, 0.25) is 0 Å². The van der Waals surface area contributed by atoms with E-state index in [1.165, 1.54) is 0 Å². The molecule has 3 rings (SSSR count). The number of aromatic nitrogens is 1. The van der Waals surface area contributed by atoms with E-state index in [-0.39, 0.29) is 18.4 Å². The predicted molar refractivity (Wildman–Crippen MR) is 108 cm³/mol. The SMILES string of the molecule is CC(C)CC(C(=O)NCC#N)c1cccc(-c2ccc3ncccc3c2)c1. The fraction of sp³-hybridized carbons (Fsp3) is 0.261. The van der Waals surface area contributed by atoms with Crippen molar-refractivity contribution in [2.45, 2.75) is 26.2 Å². The fourth-order valence-corrected chi connectivity index (χ4v) is 3.31. The van der Waals surface area contributed by atoms with E-state index >= 15 is 0 Å². The van der Waals surface area contributed by atoms with Crippen molar-refractivity contribution in [3.05, 3.63) is 66.4 Å². The van der Waals surface area contributed by atoms with E-state index in [2.05, 4.69) is 48.4 Å². The van der Waals surface area contributed by atoms with E-state index in [1.807, 2.05) is 36.4 Å². The van der Waals surface area contributed by atoms with Crippen molar-refractivity contribution in [2.75, 3.05) is 6.54 Å². The first kappa shape index (κ1) is 18.6. The van der Waals surface area contributed by atoms with E-state index in [0.717, 1.165) is 34.0 Å². The predicted octanol–water partition coefficient (Wildman–Crippen LogP) is 4.67. The summed E-state index contributed by atoms with van der Waals surface area (Å²) < 4.78 is 0. The summed E-state index contributed by atoms with van der Waals surface area (Å²) in [6.07, 6.45) is 2.53. The molecule has 0 aliphatic heterocycles. The van der Waals surface area contributed by atoms with Crippen molar-refractivity contribution in [1.29, 1.82) is 5.26 Å². The van der Waals surface area contributed by atoms with Gasteiger partial charge in [-0.15, -0.1) is 0 Å². The highest BCUT2D eigenvalue weighted by Gasteiger charge is 2.22. The first-order valence-corrected chi connectivity index (χ1v) is 9.18. The number of carbonyl (C=O) groups is 1. The van der Waals surface area contributed by atoms with Gasteiger partial charge in [0.1, 0.15) is 6.54 Å². The highest BCUT2D eigenvalue weighted by molar-refractivity contribution is 5.86. The summed E-state index contributed by atoms with van der Waals surface area (Å²) in [6.45, 7) is 4.24. The minimum absolute atomic E-state index is 0.0325. The minimum Gasteiger partial charge on any atom is -0.342 e. The van der Waals surface area contributed by atoms with E-state index in [0.29, 0.717) is 5.92 Å². The molecule has 1 aromatic heterocycles. The number of hydrogen-bond acceptors (Lipinski definition) is 3. The Labute approximate surface area is 159 Å². The second-order valence-electron chi connectivity index (χ2n) is 7.09. The number of carbonyl (C=O) groups excluding carboxylic acids is 1. The zero-order valence-electron chi connectivity index (χ0n) is 15.6. The van der Waals surface area contributed by atoms with Crippen LogP contribution in [0.5, 0.6) is 0 Å². The number of nitrogens with zero attached hydrogens (tertiary/aromatic N) is 2. The normalized spacial score (nSPS) is 11.9. The van der Waals surface area contributed by atoms with Crippen LogP contribution in [0.3, 0.4) is 0 Å². The second-order valence-corrected chi connectivity index (χ2v) is 7.09. The third kappa shape index (κ3) is 4.51. The second kappa shape index (κ2) is 8.46. The molecule has 1 amide bonds. The number of rotatable bonds is 6. The van der Waals surface area contributed by atoms with Crippen molar-refractivity contribution in [2.24, 2.45) is 5.92 Å². The Morgan fingerprint density at radius 2 is 1.93 bits per heavy atom. The van der Waals surface area contributed by atoms with Gasteiger partial charge < -0.3 is 5.32 Å². The number of hydrogen-bond donors (Lipinski definition) is 1. The Balaban J connectivity index is 1.96. The van der Waals surface area contributed by atoms with Gasteiger partial charge >= 0.3 is 0 Å². The van der Waals surface area contributed by atoms with E-state index in [4.69, 9.17) is 5.26 Å². The van der Waals surface area contributed by atoms with Gasteiger partial charge in [-0.1, -0.05) is 50.2 Å². The lowest BCUT2D eigenvalue weighted by Gasteiger charge is -2.19. The van der Waals surface area contributed by atoms with Crippen molar-refractivity contribution >= 4 is 16.8 Å². The maximum atomic E-state index is 12.6. The van der Waals surface area contributed by atoms with Gasteiger partial charge in [-0.2, -0.15) is 5.26 Å². The highest BCUT2D eigenvalue weighted by atomic mass is 16.1. The molecule has 0 radical (unpaired) electrons. The molecule has 27 heavy (non-hydrogen) atoms. The molecule has 1 heterocycles. The molecule has 1 atom stereocenters. The molecule has 136 valence electrons. The zero-order valence-corrected chi connectivity index (χ0v) is 15.6. The van der Waals surface area contributed by atoms with Gasteiger partial charge in [-0.3, -0.25) is 9.78 Å². The Morgan fingerprint density at radius 1 is 1.11 bits per heavy atom. The van der Waals surface area contributed by atoms with Gasteiger partial charge in [0.2, 0.25) is 5.91 Å². The summed E-state index contributed by atoms with van der Waals surface area (Å²) in [6, 6.07) is 20.3. The van der Waals surface area contributed by atoms with Crippen LogP contribution in [-0.4, -0.2) is 17.4 Å². The molecule has 0 fully saturated rings. The van der Waals surface area contributed by atoms with Gasteiger partial charge in [-0.25, -0.2) is 0 Å². The Bertz CT molecular complexity index is 988. The quantitative estimate of drug-likeness (QED) is 0.652. The summed E-state index contributed by atoms with van der Waals surface area (Å²) in [4.78, 5) is 17.0. The van der Waals surface area contributed by atoms with Gasteiger partial charge in [-0.05, 0) is 47.2 Å². The van der Waals surface area contributed by atoms with E-state index < -0.39 is 0 Å². The van der Waals surface area contributed by atoms with Crippen LogP contribution in [-0.2, 0) is 4.79 Å². The highest BCUT2D eigenvalue weighted by Crippen LogP contribution is 2.29. The van der Waals surface area contributed by atoms with Crippen molar-refractivity contribution < 1.29 is 4.79 Å². The maximum absolute atomic E-state index is 12.6. The molecule has 4 nitrogen and oxygen atoms in total. The van der Waals surface area contributed by atoms with Gasteiger partial charge in [0.05, 0.1) is 17.5 Å². The molecular formula is C23H23N3O. The summed E-state index contributed by atoms with van der Waals surface area (Å²) >= 11 is 0. The van der Waals surface area contributed by atoms with Crippen LogP contribution in [0.4, 0.5) is 0 Å². The number of amides is 1. The van der Waals surface area contributed by atoms with Gasteiger partial charge in [0.25, 0.3) is 0 Å². The topological polar surface area (TPSA) is 65.8 Å². The van der Waals surface area contributed by atoms with Crippen LogP contribution >= 0.6 is 0 Å². The molecule has 0 aliphatic rings. The average Bonchev–Trinajstić information content (AvgIpc) is 2.69. The number of nitriles is 1. The van der Waals surface area contributed by atoms with Crippen LogP contribution in [0, 0.1) is 17.2 Å². The van der Waals surface area contributed by atoms with Gasteiger partial charge in [0.15, 0.2) is 0 Å². The maximum Gasteiger partial charge on any atom is 0.228 e. The molecule has 1 unspecified atom stereocenters. The zero-order chi connectivity index (χ0) is 19.2. The largest absolute Gasteiger partial charge is 0.342 e. The number of fused-ring (bicyclic) bond motifs is 1. The smallest absolute Gasteiger partial charge is 0.228 e. The molecule has 0 saturated heterocycles. The Morgan fingerprint density at radius 3 is 2.70 bits per heavy atom.